The Kier molecular flexibility index (Phi) is 5.12. The molecule has 24 heavy (non-hydrogen) atoms. The number of nitrogens with zero attached hydrogens (tertiary/aromatic N) is 2. The third-order valence-corrected chi connectivity index (χ3v) is 5.79. The summed E-state index contributed by atoms with van der Waals surface area (Å²) < 4.78 is 0. The van der Waals surface area contributed by atoms with E-state index in [1.165, 1.54) is 17.4 Å². The summed E-state index contributed by atoms with van der Waals surface area (Å²) >= 11 is 13.5. The van der Waals surface area contributed by atoms with Crippen LogP contribution in [0.25, 0.3) is 0 Å². The maximum Gasteiger partial charge on any atom is 0.257 e. The number of anilines is 1. The Morgan fingerprint density at radius 2 is 2.25 bits per heavy atom. The molecule has 0 saturated carbocycles. The first kappa shape index (κ1) is 17.2. The van der Waals surface area contributed by atoms with Gasteiger partial charge in [0.05, 0.1) is 16.1 Å². The van der Waals surface area contributed by atoms with Crippen molar-refractivity contribution in [2.24, 2.45) is 0 Å². The van der Waals surface area contributed by atoms with Crippen molar-refractivity contribution in [3.8, 4) is 6.07 Å². The zero-order valence-corrected chi connectivity index (χ0v) is 15.4. The van der Waals surface area contributed by atoms with Crippen molar-refractivity contribution in [1.82, 2.24) is 4.90 Å². The molecule has 0 aliphatic carbocycles. The second kappa shape index (κ2) is 7.12. The number of fused-ring (bicyclic) bond motifs is 1. The molecular weight excluding hydrogens is 365 g/mol. The van der Waals surface area contributed by atoms with Gasteiger partial charge in [-0.2, -0.15) is 5.26 Å². The minimum absolute atomic E-state index is 0.301. The van der Waals surface area contributed by atoms with Gasteiger partial charge in [0.25, 0.3) is 5.91 Å². The number of halogens is 2. The number of amides is 1. The molecule has 0 unspecified atom stereocenters. The lowest BCUT2D eigenvalue weighted by Crippen LogP contribution is -2.29. The van der Waals surface area contributed by atoms with Gasteiger partial charge in [0.2, 0.25) is 0 Å². The summed E-state index contributed by atoms with van der Waals surface area (Å²) in [4.78, 5) is 16.0. The van der Waals surface area contributed by atoms with Crippen LogP contribution in [0.1, 0.15) is 33.3 Å². The first-order valence-electron chi connectivity index (χ1n) is 7.56. The molecule has 1 amide bonds. The lowest BCUT2D eigenvalue weighted by molar-refractivity contribution is 0.102. The van der Waals surface area contributed by atoms with Gasteiger partial charge in [-0.1, -0.05) is 30.1 Å². The monoisotopic (exact) mass is 379 g/mol. The molecule has 2 aromatic rings. The quantitative estimate of drug-likeness (QED) is 0.850. The highest BCUT2D eigenvalue weighted by Crippen LogP contribution is 2.37. The Hall–Kier alpha value is -1.58. The molecule has 4 nitrogen and oxygen atoms in total. The molecule has 124 valence electrons. The average molecular weight is 380 g/mol. The molecular formula is C17H15Cl2N3OS. The fourth-order valence-corrected chi connectivity index (χ4v) is 4.39. The van der Waals surface area contributed by atoms with E-state index in [9.17, 15) is 10.1 Å². The third-order valence-electron chi connectivity index (χ3n) is 4.10. The molecule has 2 heterocycles. The van der Waals surface area contributed by atoms with Crippen LogP contribution in [0.4, 0.5) is 5.00 Å². The van der Waals surface area contributed by atoms with E-state index in [0.29, 0.717) is 26.2 Å². The average Bonchev–Trinajstić information content (AvgIpc) is 2.92. The number of carbonyl (C=O) groups is 1. The smallest absolute Gasteiger partial charge is 0.257 e. The van der Waals surface area contributed by atoms with E-state index in [0.717, 1.165) is 36.5 Å². The predicted molar refractivity (Wildman–Crippen MR) is 98.1 cm³/mol. The van der Waals surface area contributed by atoms with Crippen LogP contribution >= 0.6 is 34.5 Å². The summed E-state index contributed by atoms with van der Waals surface area (Å²) in [5.41, 5.74) is 1.92. The van der Waals surface area contributed by atoms with E-state index in [-0.39, 0.29) is 5.91 Å². The zero-order valence-electron chi connectivity index (χ0n) is 13.0. The van der Waals surface area contributed by atoms with E-state index < -0.39 is 0 Å². The number of nitrogens with one attached hydrogen (secondary N) is 1. The van der Waals surface area contributed by atoms with Gasteiger partial charge in [0.15, 0.2) is 0 Å². The largest absolute Gasteiger partial charge is 0.312 e. The normalized spacial score (nSPS) is 14.1. The Morgan fingerprint density at radius 1 is 1.46 bits per heavy atom. The SMILES string of the molecule is CCN1CCc2c(sc(NC(=O)c3cc(Cl)ccc3Cl)c2C#N)C1. The van der Waals surface area contributed by atoms with Crippen LogP contribution < -0.4 is 5.32 Å². The lowest BCUT2D eigenvalue weighted by Gasteiger charge is -2.24. The van der Waals surface area contributed by atoms with Crippen molar-refractivity contribution < 1.29 is 4.79 Å². The van der Waals surface area contributed by atoms with E-state index in [4.69, 9.17) is 23.2 Å². The molecule has 1 aliphatic rings. The highest BCUT2D eigenvalue weighted by atomic mass is 35.5. The molecule has 3 rings (SSSR count). The van der Waals surface area contributed by atoms with Gasteiger partial charge in [0.1, 0.15) is 11.1 Å². The Bertz CT molecular complexity index is 841. The van der Waals surface area contributed by atoms with Gasteiger partial charge < -0.3 is 5.32 Å². The molecule has 0 spiro atoms. The molecule has 1 aliphatic heterocycles. The second-order valence-electron chi connectivity index (χ2n) is 5.52. The Labute approximate surface area is 154 Å². The van der Waals surface area contributed by atoms with Crippen LogP contribution in [-0.4, -0.2) is 23.9 Å². The summed E-state index contributed by atoms with van der Waals surface area (Å²) in [6.45, 7) is 4.84. The fraction of sp³-hybridized carbons (Fsp3) is 0.294. The number of thiophene rings is 1. The van der Waals surface area contributed by atoms with Gasteiger partial charge in [-0.05, 0) is 36.7 Å². The number of hydrogen-bond acceptors (Lipinski definition) is 4. The molecule has 0 atom stereocenters. The maximum absolute atomic E-state index is 12.5. The Balaban J connectivity index is 1.91. The third kappa shape index (κ3) is 3.28. The number of nitriles is 1. The molecule has 0 radical (unpaired) electrons. The summed E-state index contributed by atoms with van der Waals surface area (Å²) in [5.74, 6) is -0.357. The van der Waals surface area contributed by atoms with Crippen molar-refractivity contribution in [2.75, 3.05) is 18.4 Å². The van der Waals surface area contributed by atoms with Crippen LogP contribution in [0.3, 0.4) is 0 Å². The molecule has 0 bridgehead atoms. The summed E-state index contributed by atoms with van der Waals surface area (Å²) in [6, 6.07) is 6.98. The van der Waals surface area contributed by atoms with Crippen LogP contribution in [0.2, 0.25) is 10.0 Å². The summed E-state index contributed by atoms with van der Waals surface area (Å²) in [5, 5.41) is 13.7. The minimum Gasteiger partial charge on any atom is -0.312 e. The topological polar surface area (TPSA) is 56.1 Å². The van der Waals surface area contributed by atoms with Gasteiger partial charge in [-0.3, -0.25) is 9.69 Å². The van der Waals surface area contributed by atoms with E-state index >= 15 is 0 Å². The second-order valence-corrected chi connectivity index (χ2v) is 7.47. The molecule has 1 N–H and O–H groups in total. The molecule has 1 aromatic carbocycles. The predicted octanol–water partition coefficient (Wildman–Crippen LogP) is 4.56. The number of likely N-dealkylation sites (N-methyl/N-ethyl adjacent to an activating group) is 1. The Morgan fingerprint density at radius 3 is 2.96 bits per heavy atom. The fourth-order valence-electron chi connectivity index (χ4n) is 2.77. The van der Waals surface area contributed by atoms with Crippen molar-refractivity contribution in [3.05, 3.63) is 49.8 Å². The van der Waals surface area contributed by atoms with E-state index in [1.807, 2.05) is 0 Å². The van der Waals surface area contributed by atoms with E-state index in [2.05, 4.69) is 23.2 Å². The number of hydrogen-bond donors (Lipinski definition) is 1. The van der Waals surface area contributed by atoms with Gasteiger partial charge in [-0.15, -0.1) is 11.3 Å². The minimum atomic E-state index is -0.357. The standard InChI is InChI=1S/C17H15Cl2N3OS/c1-2-22-6-5-11-13(8-20)17(24-15(11)9-22)21-16(23)12-7-10(18)3-4-14(12)19/h3-4,7H,2,5-6,9H2,1H3,(H,21,23). The first-order valence-corrected chi connectivity index (χ1v) is 9.14. The van der Waals surface area contributed by atoms with Crippen LogP contribution in [-0.2, 0) is 13.0 Å². The highest BCUT2D eigenvalue weighted by molar-refractivity contribution is 7.16. The molecule has 0 fully saturated rings. The van der Waals surface area contributed by atoms with Crippen molar-refractivity contribution in [2.45, 2.75) is 19.9 Å². The maximum atomic E-state index is 12.5. The van der Waals surface area contributed by atoms with Gasteiger partial charge in [-0.25, -0.2) is 0 Å². The van der Waals surface area contributed by atoms with Crippen molar-refractivity contribution in [3.63, 3.8) is 0 Å². The first-order chi connectivity index (χ1) is 11.5. The van der Waals surface area contributed by atoms with Gasteiger partial charge in [0, 0.05) is 23.0 Å². The highest BCUT2D eigenvalue weighted by Gasteiger charge is 2.25. The van der Waals surface area contributed by atoms with Gasteiger partial charge >= 0.3 is 0 Å². The number of rotatable bonds is 3. The number of benzene rings is 1. The summed E-state index contributed by atoms with van der Waals surface area (Å²) in [6.07, 6.45) is 0.830. The molecule has 0 saturated heterocycles. The lowest BCUT2D eigenvalue weighted by atomic mass is 10.0. The zero-order chi connectivity index (χ0) is 17.3. The van der Waals surface area contributed by atoms with Crippen LogP contribution in [0, 0.1) is 11.3 Å². The molecule has 1 aromatic heterocycles. The van der Waals surface area contributed by atoms with E-state index in [1.54, 1.807) is 12.1 Å². The number of carbonyl (C=O) groups excluding carboxylic acids is 1. The van der Waals surface area contributed by atoms with Crippen LogP contribution in [0.5, 0.6) is 0 Å². The van der Waals surface area contributed by atoms with Crippen molar-refractivity contribution in [1.29, 1.82) is 5.26 Å². The molecule has 7 heteroatoms. The van der Waals surface area contributed by atoms with Crippen LogP contribution in [0.15, 0.2) is 18.2 Å². The van der Waals surface area contributed by atoms with Crippen molar-refractivity contribution >= 4 is 45.4 Å². The summed E-state index contributed by atoms with van der Waals surface area (Å²) in [7, 11) is 0.